The smallest absolute Gasteiger partial charge is 0.220 e. The number of nitrogens with one attached hydrogen (secondary N) is 1. The van der Waals surface area contributed by atoms with Crippen LogP contribution in [0.3, 0.4) is 0 Å². The van der Waals surface area contributed by atoms with Crippen molar-refractivity contribution in [3.63, 3.8) is 0 Å². The second-order valence-electron chi connectivity index (χ2n) is 7.81. The van der Waals surface area contributed by atoms with E-state index in [0.717, 1.165) is 58.5 Å². The van der Waals surface area contributed by atoms with E-state index in [-0.39, 0.29) is 5.91 Å². The minimum absolute atomic E-state index is 0.236. The highest BCUT2D eigenvalue weighted by Gasteiger charge is 2.23. The molecule has 0 saturated carbocycles. The number of piperidine rings is 1. The molecule has 1 N–H and O–H groups in total. The highest BCUT2D eigenvalue weighted by atomic mass is 16.5. The average Bonchev–Trinajstić information content (AvgIpc) is 2.61. The van der Waals surface area contributed by atoms with Crippen molar-refractivity contribution in [2.24, 2.45) is 5.92 Å². The molecule has 0 unspecified atom stereocenters. The van der Waals surface area contributed by atoms with Crippen LogP contribution in [0.1, 0.15) is 48.8 Å². The lowest BCUT2D eigenvalue weighted by molar-refractivity contribution is -0.123. The Kier molecular flexibility index (Phi) is 6.49. The van der Waals surface area contributed by atoms with E-state index in [9.17, 15) is 4.79 Å². The van der Waals surface area contributed by atoms with Gasteiger partial charge in [0.05, 0.1) is 0 Å². The first-order chi connectivity index (χ1) is 12.1. The van der Waals surface area contributed by atoms with Crippen LogP contribution in [-0.2, 0) is 16.1 Å². The van der Waals surface area contributed by atoms with Gasteiger partial charge in [0.2, 0.25) is 5.91 Å². The van der Waals surface area contributed by atoms with E-state index in [1.807, 2.05) is 0 Å². The molecule has 1 amide bonds. The predicted octanol–water partition coefficient (Wildman–Crippen LogP) is 3.20. The fourth-order valence-electron chi connectivity index (χ4n) is 3.95. The topological polar surface area (TPSA) is 41.6 Å². The summed E-state index contributed by atoms with van der Waals surface area (Å²) in [5.74, 6) is 0.773. The van der Waals surface area contributed by atoms with Gasteiger partial charge in [-0.15, -0.1) is 0 Å². The molecule has 4 heteroatoms. The van der Waals surface area contributed by atoms with Crippen molar-refractivity contribution in [1.82, 2.24) is 10.2 Å². The second kappa shape index (κ2) is 8.81. The molecule has 138 valence electrons. The maximum Gasteiger partial charge on any atom is 0.220 e. The highest BCUT2D eigenvalue weighted by Crippen LogP contribution is 2.23. The fourth-order valence-corrected chi connectivity index (χ4v) is 3.95. The summed E-state index contributed by atoms with van der Waals surface area (Å²) in [6.45, 7) is 9.15. The van der Waals surface area contributed by atoms with Crippen LogP contribution in [0.25, 0.3) is 0 Å². The minimum atomic E-state index is 0.236. The van der Waals surface area contributed by atoms with Gasteiger partial charge in [-0.3, -0.25) is 9.69 Å². The summed E-state index contributed by atoms with van der Waals surface area (Å²) in [5, 5.41) is 3.20. The second-order valence-corrected chi connectivity index (χ2v) is 7.81. The van der Waals surface area contributed by atoms with Gasteiger partial charge >= 0.3 is 0 Å². The molecule has 0 aliphatic carbocycles. The molecule has 3 rings (SSSR count). The van der Waals surface area contributed by atoms with Crippen LogP contribution >= 0.6 is 0 Å². The number of carbonyl (C=O) groups is 1. The van der Waals surface area contributed by atoms with Crippen LogP contribution in [0, 0.1) is 19.8 Å². The molecular formula is C21H32N2O2. The van der Waals surface area contributed by atoms with Gasteiger partial charge < -0.3 is 10.1 Å². The number of rotatable bonds is 5. The molecule has 2 fully saturated rings. The van der Waals surface area contributed by atoms with E-state index in [4.69, 9.17) is 4.74 Å². The number of carbonyl (C=O) groups excluding carboxylic acids is 1. The van der Waals surface area contributed by atoms with Crippen LogP contribution < -0.4 is 5.32 Å². The van der Waals surface area contributed by atoms with Gasteiger partial charge in [0.15, 0.2) is 0 Å². The third-order valence-corrected chi connectivity index (χ3v) is 5.67. The summed E-state index contributed by atoms with van der Waals surface area (Å²) in [4.78, 5) is 14.8. The normalized spacial score (nSPS) is 20.6. The van der Waals surface area contributed by atoms with Crippen molar-refractivity contribution < 1.29 is 9.53 Å². The summed E-state index contributed by atoms with van der Waals surface area (Å²) in [6.07, 6.45) is 4.87. The van der Waals surface area contributed by atoms with Gasteiger partial charge in [-0.2, -0.15) is 0 Å². The number of hydrogen-bond donors (Lipinski definition) is 1. The first-order valence-corrected chi connectivity index (χ1v) is 9.76. The maximum atomic E-state index is 12.3. The van der Waals surface area contributed by atoms with Crippen LogP contribution in [-0.4, -0.2) is 43.2 Å². The first-order valence-electron chi connectivity index (χ1n) is 9.76. The lowest BCUT2D eigenvalue weighted by Crippen LogP contribution is -2.41. The van der Waals surface area contributed by atoms with Crippen LogP contribution in [0.2, 0.25) is 0 Å². The van der Waals surface area contributed by atoms with Crippen molar-refractivity contribution in [2.75, 3.05) is 26.3 Å². The van der Waals surface area contributed by atoms with Crippen LogP contribution in [0.4, 0.5) is 0 Å². The average molecular weight is 344 g/mol. The Labute approximate surface area is 151 Å². The monoisotopic (exact) mass is 344 g/mol. The number of aryl methyl sites for hydroxylation is 2. The molecule has 2 aliphatic heterocycles. The Morgan fingerprint density at radius 3 is 2.60 bits per heavy atom. The van der Waals surface area contributed by atoms with Gasteiger partial charge in [0, 0.05) is 32.2 Å². The van der Waals surface area contributed by atoms with E-state index in [1.54, 1.807) is 0 Å². The zero-order valence-corrected chi connectivity index (χ0v) is 15.7. The van der Waals surface area contributed by atoms with Gasteiger partial charge in [0.25, 0.3) is 0 Å². The molecule has 25 heavy (non-hydrogen) atoms. The Bertz CT molecular complexity index is 573. The van der Waals surface area contributed by atoms with Crippen molar-refractivity contribution >= 4 is 5.91 Å². The third-order valence-electron chi connectivity index (χ3n) is 5.67. The van der Waals surface area contributed by atoms with E-state index >= 15 is 0 Å². The Morgan fingerprint density at radius 1 is 1.16 bits per heavy atom. The number of ether oxygens (including phenoxy) is 1. The minimum Gasteiger partial charge on any atom is -0.381 e. The molecule has 0 bridgehead atoms. The molecule has 2 heterocycles. The summed E-state index contributed by atoms with van der Waals surface area (Å²) in [7, 11) is 0. The number of benzene rings is 1. The zero-order valence-electron chi connectivity index (χ0n) is 15.7. The zero-order chi connectivity index (χ0) is 17.6. The van der Waals surface area contributed by atoms with Crippen molar-refractivity contribution in [3.05, 3.63) is 34.9 Å². The lowest BCUT2D eigenvalue weighted by atomic mass is 9.92. The Hall–Kier alpha value is -1.39. The molecule has 0 radical (unpaired) electrons. The summed E-state index contributed by atoms with van der Waals surface area (Å²) in [5.41, 5.74) is 4.15. The molecule has 4 nitrogen and oxygen atoms in total. The number of nitrogens with zero attached hydrogens (tertiary/aromatic N) is 1. The quantitative estimate of drug-likeness (QED) is 0.892. The van der Waals surface area contributed by atoms with Crippen molar-refractivity contribution in [2.45, 2.75) is 58.5 Å². The van der Waals surface area contributed by atoms with Crippen molar-refractivity contribution in [1.29, 1.82) is 0 Å². The van der Waals surface area contributed by atoms with Crippen LogP contribution in [0.5, 0.6) is 0 Å². The molecule has 0 atom stereocenters. The Morgan fingerprint density at radius 2 is 1.88 bits per heavy atom. The standard InChI is InChI=1S/C21H32N2O2/c1-16-3-4-17(2)19(13-16)15-23-9-5-18(6-10-23)14-21(24)22-20-7-11-25-12-8-20/h3-4,13,18,20H,5-12,14-15H2,1-2H3,(H,22,24). The highest BCUT2D eigenvalue weighted by molar-refractivity contribution is 5.76. The maximum absolute atomic E-state index is 12.3. The molecule has 2 saturated heterocycles. The van der Waals surface area contributed by atoms with Gasteiger partial charge in [0.1, 0.15) is 0 Å². The lowest BCUT2D eigenvalue weighted by Gasteiger charge is -2.32. The molecular weight excluding hydrogens is 312 g/mol. The first kappa shape index (κ1) is 18.4. The molecule has 2 aliphatic rings. The molecule has 1 aromatic rings. The largest absolute Gasteiger partial charge is 0.381 e. The van der Waals surface area contributed by atoms with E-state index in [0.29, 0.717) is 18.4 Å². The number of amides is 1. The van der Waals surface area contributed by atoms with E-state index in [2.05, 4.69) is 42.3 Å². The number of hydrogen-bond acceptors (Lipinski definition) is 3. The van der Waals surface area contributed by atoms with Gasteiger partial charge in [-0.25, -0.2) is 0 Å². The molecule has 1 aromatic carbocycles. The molecule has 0 aromatic heterocycles. The van der Waals surface area contributed by atoms with E-state index < -0.39 is 0 Å². The van der Waals surface area contributed by atoms with Crippen molar-refractivity contribution in [3.8, 4) is 0 Å². The fraction of sp³-hybridized carbons (Fsp3) is 0.667. The molecule has 0 spiro atoms. The summed E-state index contributed by atoms with van der Waals surface area (Å²) < 4.78 is 5.35. The third kappa shape index (κ3) is 5.55. The van der Waals surface area contributed by atoms with Gasteiger partial charge in [-0.05, 0) is 69.7 Å². The van der Waals surface area contributed by atoms with E-state index in [1.165, 1.54) is 16.7 Å². The SMILES string of the molecule is Cc1ccc(C)c(CN2CCC(CC(=O)NC3CCOCC3)CC2)c1. The summed E-state index contributed by atoms with van der Waals surface area (Å²) >= 11 is 0. The Balaban J connectivity index is 1.40. The predicted molar refractivity (Wildman–Crippen MR) is 101 cm³/mol. The number of likely N-dealkylation sites (tertiary alicyclic amines) is 1. The van der Waals surface area contributed by atoms with Crippen LogP contribution in [0.15, 0.2) is 18.2 Å². The summed E-state index contributed by atoms with van der Waals surface area (Å²) in [6, 6.07) is 7.04. The van der Waals surface area contributed by atoms with Gasteiger partial charge in [-0.1, -0.05) is 23.8 Å².